The number of carbonyl (C=O) groups is 1. The van der Waals surface area contributed by atoms with E-state index in [4.69, 9.17) is 15.2 Å². The van der Waals surface area contributed by atoms with Crippen LogP contribution in [0.4, 0.5) is 13.2 Å². The van der Waals surface area contributed by atoms with Crippen molar-refractivity contribution in [3.8, 4) is 11.5 Å². The first kappa shape index (κ1) is 23.8. The van der Waals surface area contributed by atoms with Crippen molar-refractivity contribution in [3.63, 3.8) is 0 Å². The number of benzene rings is 2. The van der Waals surface area contributed by atoms with E-state index < -0.39 is 23.6 Å². The summed E-state index contributed by atoms with van der Waals surface area (Å²) in [7, 11) is 1.48. The minimum absolute atomic E-state index is 0.104. The predicted octanol–water partition coefficient (Wildman–Crippen LogP) is 3.21. The van der Waals surface area contributed by atoms with E-state index >= 15 is 0 Å². The molecule has 1 amide bonds. The SMILES string of the molecule is COc1cc(CNC(C(N)=O)[C@H](C)O)ccc1OCc1ccc(SC(F)(F)F)cc1. The molecule has 0 aliphatic carbocycles. The molecule has 0 heterocycles. The summed E-state index contributed by atoms with van der Waals surface area (Å²) >= 11 is -0.170. The van der Waals surface area contributed by atoms with E-state index in [0.717, 1.165) is 5.56 Å². The molecule has 30 heavy (non-hydrogen) atoms. The molecule has 0 aliphatic heterocycles. The number of nitrogens with two attached hydrogens (primary N) is 1. The number of thioether (sulfide) groups is 1. The van der Waals surface area contributed by atoms with Crippen LogP contribution in [0.2, 0.25) is 0 Å². The van der Waals surface area contributed by atoms with Gasteiger partial charge in [0.1, 0.15) is 12.6 Å². The van der Waals surface area contributed by atoms with Crippen molar-refractivity contribution >= 4 is 17.7 Å². The summed E-state index contributed by atoms with van der Waals surface area (Å²) < 4.78 is 48.2. The maximum absolute atomic E-state index is 12.4. The second-order valence-electron chi connectivity index (χ2n) is 6.47. The number of halogens is 3. The van der Waals surface area contributed by atoms with Crippen LogP contribution in [0.25, 0.3) is 0 Å². The number of methoxy groups -OCH3 is 1. The lowest BCUT2D eigenvalue weighted by Gasteiger charge is -2.18. The minimum Gasteiger partial charge on any atom is -0.493 e. The molecule has 164 valence electrons. The summed E-state index contributed by atoms with van der Waals surface area (Å²) in [5, 5.41) is 12.5. The van der Waals surface area contributed by atoms with Gasteiger partial charge in [0.25, 0.3) is 0 Å². The molecule has 2 rings (SSSR count). The molecule has 1 unspecified atom stereocenters. The molecule has 2 aromatic carbocycles. The Morgan fingerprint density at radius 3 is 2.33 bits per heavy atom. The fourth-order valence-electron chi connectivity index (χ4n) is 2.63. The highest BCUT2D eigenvalue weighted by Crippen LogP contribution is 2.37. The van der Waals surface area contributed by atoms with E-state index in [9.17, 15) is 23.1 Å². The monoisotopic (exact) mass is 444 g/mol. The van der Waals surface area contributed by atoms with Crippen LogP contribution in [0.5, 0.6) is 11.5 Å². The number of rotatable bonds is 10. The smallest absolute Gasteiger partial charge is 0.446 e. The number of hydrogen-bond donors (Lipinski definition) is 3. The average molecular weight is 444 g/mol. The largest absolute Gasteiger partial charge is 0.493 e. The van der Waals surface area contributed by atoms with Crippen molar-refractivity contribution in [1.82, 2.24) is 5.32 Å². The Morgan fingerprint density at radius 1 is 1.17 bits per heavy atom. The first-order valence-electron chi connectivity index (χ1n) is 8.94. The van der Waals surface area contributed by atoms with E-state index in [2.05, 4.69) is 5.32 Å². The fourth-order valence-corrected chi connectivity index (χ4v) is 3.17. The first-order valence-corrected chi connectivity index (χ1v) is 9.76. The van der Waals surface area contributed by atoms with Crippen LogP contribution in [0.1, 0.15) is 18.1 Å². The van der Waals surface area contributed by atoms with Crippen molar-refractivity contribution in [1.29, 1.82) is 0 Å². The second kappa shape index (κ2) is 10.6. The maximum Gasteiger partial charge on any atom is 0.446 e. The Bertz CT molecular complexity index is 845. The third-order valence-corrected chi connectivity index (χ3v) is 4.83. The number of nitrogens with one attached hydrogen (secondary N) is 1. The Kier molecular flexibility index (Phi) is 8.39. The molecule has 4 N–H and O–H groups in total. The van der Waals surface area contributed by atoms with E-state index in [1.165, 1.54) is 26.2 Å². The predicted molar refractivity (Wildman–Crippen MR) is 107 cm³/mol. The van der Waals surface area contributed by atoms with Crippen LogP contribution in [-0.2, 0) is 17.9 Å². The molecule has 0 saturated heterocycles. The van der Waals surface area contributed by atoms with E-state index in [1.54, 1.807) is 30.3 Å². The number of carbonyl (C=O) groups excluding carboxylic acids is 1. The van der Waals surface area contributed by atoms with Crippen molar-refractivity contribution < 1.29 is 32.5 Å². The average Bonchev–Trinajstić information content (AvgIpc) is 2.66. The lowest BCUT2D eigenvalue weighted by Crippen LogP contribution is -2.47. The minimum atomic E-state index is -4.32. The van der Waals surface area contributed by atoms with E-state index in [0.29, 0.717) is 17.1 Å². The highest BCUT2D eigenvalue weighted by molar-refractivity contribution is 8.00. The van der Waals surface area contributed by atoms with Crippen molar-refractivity contribution in [2.75, 3.05) is 7.11 Å². The Labute approximate surface area is 176 Å². The molecule has 0 fully saturated rings. The van der Waals surface area contributed by atoms with Crippen LogP contribution in [0.15, 0.2) is 47.4 Å². The number of alkyl halides is 3. The van der Waals surface area contributed by atoms with Gasteiger partial charge in [0.2, 0.25) is 5.91 Å². The molecule has 0 aromatic heterocycles. The number of aliphatic hydroxyl groups is 1. The molecule has 0 bridgehead atoms. The zero-order valence-corrected chi connectivity index (χ0v) is 17.2. The summed E-state index contributed by atoms with van der Waals surface area (Å²) in [6, 6.07) is 10.2. The third-order valence-electron chi connectivity index (χ3n) is 4.09. The Hall–Kier alpha value is -2.43. The second-order valence-corrected chi connectivity index (χ2v) is 7.61. The highest BCUT2D eigenvalue weighted by Gasteiger charge is 2.29. The van der Waals surface area contributed by atoms with Crippen molar-refractivity contribution in [3.05, 3.63) is 53.6 Å². The van der Waals surface area contributed by atoms with Crippen LogP contribution < -0.4 is 20.5 Å². The molecular weight excluding hydrogens is 421 g/mol. The fraction of sp³-hybridized carbons (Fsp3) is 0.350. The van der Waals surface area contributed by atoms with E-state index in [1.807, 2.05) is 0 Å². The molecule has 0 radical (unpaired) electrons. The van der Waals surface area contributed by atoms with Crippen molar-refractivity contribution in [2.45, 2.75) is 42.6 Å². The first-order chi connectivity index (χ1) is 14.1. The maximum atomic E-state index is 12.4. The van der Waals surface area contributed by atoms with Crippen molar-refractivity contribution in [2.24, 2.45) is 5.73 Å². The third kappa shape index (κ3) is 7.43. The quantitative estimate of drug-likeness (QED) is 0.488. The summed E-state index contributed by atoms with van der Waals surface area (Å²) in [6.45, 7) is 1.89. The molecule has 2 aromatic rings. The van der Waals surface area contributed by atoms with Gasteiger partial charge < -0.3 is 20.3 Å². The van der Waals surface area contributed by atoms with Crippen LogP contribution >= 0.6 is 11.8 Å². The van der Waals surface area contributed by atoms with Gasteiger partial charge in [-0.1, -0.05) is 18.2 Å². The topological polar surface area (TPSA) is 93.8 Å². The zero-order chi connectivity index (χ0) is 22.3. The van der Waals surface area contributed by atoms with Gasteiger partial charge in [-0.2, -0.15) is 13.2 Å². The zero-order valence-electron chi connectivity index (χ0n) is 16.4. The number of primary amides is 1. The lowest BCUT2D eigenvalue weighted by molar-refractivity contribution is -0.122. The van der Waals surface area contributed by atoms with Crippen LogP contribution in [0.3, 0.4) is 0 Å². The van der Waals surface area contributed by atoms with Crippen LogP contribution in [0, 0.1) is 0 Å². The van der Waals surface area contributed by atoms with E-state index in [-0.39, 0.29) is 29.8 Å². The molecule has 0 spiro atoms. The number of aliphatic hydroxyl groups excluding tert-OH is 1. The molecular formula is C20H23F3N2O4S. The Balaban J connectivity index is 1.99. The summed E-state index contributed by atoms with van der Waals surface area (Å²) in [5.74, 6) is 0.250. The number of amides is 1. The normalized spacial score (nSPS) is 13.5. The standard InChI is InChI=1S/C20H23F3N2O4S/c1-12(26)18(19(24)27)25-10-14-5-8-16(17(9-14)28-2)29-11-13-3-6-15(7-4-13)30-20(21,22)23/h3-9,12,18,25-26H,10-11H2,1-2H3,(H2,24,27)/t12-,18?/m0/s1. The summed E-state index contributed by atoms with van der Waals surface area (Å²) in [5.41, 5.74) is 2.41. The molecule has 10 heteroatoms. The molecule has 2 atom stereocenters. The molecule has 0 saturated carbocycles. The lowest BCUT2D eigenvalue weighted by atomic mass is 10.1. The van der Waals surface area contributed by atoms with Crippen LogP contribution in [-0.4, -0.2) is 35.8 Å². The highest BCUT2D eigenvalue weighted by atomic mass is 32.2. The van der Waals surface area contributed by atoms with Gasteiger partial charge in [0.05, 0.1) is 13.2 Å². The van der Waals surface area contributed by atoms with Gasteiger partial charge in [-0.05, 0) is 54.1 Å². The van der Waals surface area contributed by atoms with Gasteiger partial charge >= 0.3 is 5.51 Å². The number of hydrogen-bond acceptors (Lipinski definition) is 6. The van der Waals surface area contributed by atoms with Gasteiger partial charge in [-0.25, -0.2) is 0 Å². The molecule has 6 nitrogen and oxygen atoms in total. The van der Waals surface area contributed by atoms with Gasteiger partial charge in [0, 0.05) is 11.4 Å². The van der Waals surface area contributed by atoms with Gasteiger partial charge in [-0.3, -0.25) is 10.1 Å². The molecule has 0 aliphatic rings. The van der Waals surface area contributed by atoms with Gasteiger partial charge in [-0.15, -0.1) is 0 Å². The number of ether oxygens (including phenoxy) is 2. The summed E-state index contributed by atoms with van der Waals surface area (Å²) in [4.78, 5) is 11.5. The Morgan fingerprint density at radius 2 is 1.80 bits per heavy atom. The summed E-state index contributed by atoms with van der Waals surface area (Å²) in [6.07, 6.45) is -0.937. The van der Waals surface area contributed by atoms with Gasteiger partial charge in [0.15, 0.2) is 11.5 Å².